The summed E-state index contributed by atoms with van der Waals surface area (Å²) in [6.45, 7) is 2.67. The highest BCUT2D eigenvalue weighted by atomic mass is 35.5. The highest BCUT2D eigenvalue weighted by Crippen LogP contribution is 2.54. The molecular formula is C20H26ClNO. The van der Waals surface area contributed by atoms with Crippen molar-refractivity contribution in [2.75, 3.05) is 19.8 Å². The molecule has 4 atom stereocenters. The summed E-state index contributed by atoms with van der Waals surface area (Å²) in [4.78, 5) is 0. The molecule has 0 aromatic heterocycles. The minimum atomic E-state index is 0.615. The van der Waals surface area contributed by atoms with E-state index >= 15 is 0 Å². The standard InChI is InChI=1S/C20H26ClNO/c21-16-9-7-15(8-10-16)19-17-5-1-2-6-18(17)20(19)22-12-14-4-3-11-23-13-14/h4,7-10,17-20,22H,1-3,5-6,11-13H2/t17-,18+,19+,20+/m1/s1. The molecule has 3 heteroatoms. The number of halogens is 1. The van der Waals surface area contributed by atoms with Gasteiger partial charge in [0.2, 0.25) is 0 Å². The second kappa shape index (κ2) is 6.96. The summed E-state index contributed by atoms with van der Waals surface area (Å²) in [5.74, 6) is 2.37. The topological polar surface area (TPSA) is 21.3 Å². The Bertz CT molecular complexity index is 568. The van der Waals surface area contributed by atoms with Crippen LogP contribution in [0.3, 0.4) is 0 Å². The van der Waals surface area contributed by atoms with Gasteiger partial charge in [0.15, 0.2) is 0 Å². The van der Waals surface area contributed by atoms with Crippen LogP contribution in [0.15, 0.2) is 35.9 Å². The molecule has 2 nitrogen and oxygen atoms in total. The largest absolute Gasteiger partial charge is 0.377 e. The molecule has 0 amide bonds. The van der Waals surface area contributed by atoms with Crippen molar-refractivity contribution in [3.8, 4) is 0 Å². The molecule has 0 saturated heterocycles. The third-order valence-electron chi connectivity index (χ3n) is 5.99. The molecule has 1 aromatic rings. The van der Waals surface area contributed by atoms with E-state index in [4.69, 9.17) is 16.3 Å². The predicted octanol–water partition coefficient (Wildman–Crippen LogP) is 4.55. The molecule has 0 bridgehead atoms. The molecule has 2 saturated carbocycles. The van der Waals surface area contributed by atoms with E-state index in [1.165, 1.54) is 36.8 Å². The minimum Gasteiger partial charge on any atom is -0.377 e. The van der Waals surface area contributed by atoms with Crippen LogP contribution >= 0.6 is 11.6 Å². The minimum absolute atomic E-state index is 0.615. The first-order valence-corrected chi connectivity index (χ1v) is 9.45. The Morgan fingerprint density at radius 1 is 1.09 bits per heavy atom. The lowest BCUT2D eigenvalue weighted by Crippen LogP contribution is -2.58. The zero-order valence-electron chi connectivity index (χ0n) is 13.6. The number of nitrogens with one attached hydrogen (secondary N) is 1. The van der Waals surface area contributed by atoms with E-state index < -0.39 is 0 Å². The maximum atomic E-state index is 6.08. The summed E-state index contributed by atoms with van der Waals surface area (Å²) in [5, 5.41) is 4.71. The third-order valence-corrected chi connectivity index (χ3v) is 6.24. The van der Waals surface area contributed by atoms with Gasteiger partial charge >= 0.3 is 0 Å². The Morgan fingerprint density at radius 2 is 1.87 bits per heavy atom. The third kappa shape index (κ3) is 3.22. The lowest BCUT2D eigenvalue weighted by molar-refractivity contribution is 0.0272. The molecule has 1 aromatic carbocycles. The van der Waals surface area contributed by atoms with Crippen LogP contribution in [0.1, 0.15) is 43.6 Å². The fraction of sp³-hybridized carbons (Fsp3) is 0.600. The van der Waals surface area contributed by atoms with E-state index in [0.717, 1.165) is 43.0 Å². The molecule has 3 aliphatic rings. The first-order chi connectivity index (χ1) is 11.3. The highest BCUT2D eigenvalue weighted by Gasteiger charge is 2.50. The monoisotopic (exact) mass is 331 g/mol. The molecule has 0 spiro atoms. The van der Waals surface area contributed by atoms with Gasteiger partial charge in [0.25, 0.3) is 0 Å². The van der Waals surface area contributed by atoms with Crippen molar-refractivity contribution in [1.29, 1.82) is 0 Å². The second-order valence-corrected chi connectivity index (χ2v) is 7.74. The number of fused-ring (bicyclic) bond motifs is 1. The van der Waals surface area contributed by atoms with Crippen LogP contribution in [0.2, 0.25) is 5.02 Å². The Hall–Kier alpha value is -0.830. The van der Waals surface area contributed by atoms with Gasteiger partial charge in [-0.2, -0.15) is 0 Å². The first kappa shape index (κ1) is 15.7. The van der Waals surface area contributed by atoms with Gasteiger partial charge in [-0.05, 0) is 54.4 Å². The second-order valence-electron chi connectivity index (χ2n) is 7.30. The number of benzene rings is 1. The number of hydrogen-bond donors (Lipinski definition) is 1. The quantitative estimate of drug-likeness (QED) is 0.817. The molecule has 0 unspecified atom stereocenters. The van der Waals surface area contributed by atoms with Crippen LogP contribution < -0.4 is 5.32 Å². The van der Waals surface area contributed by atoms with Gasteiger partial charge in [0, 0.05) is 23.5 Å². The van der Waals surface area contributed by atoms with E-state index in [-0.39, 0.29) is 0 Å². The van der Waals surface area contributed by atoms with Gasteiger partial charge in [-0.1, -0.05) is 42.7 Å². The van der Waals surface area contributed by atoms with Gasteiger partial charge in [-0.3, -0.25) is 0 Å². The summed E-state index contributed by atoms with van der Waals surface area (Å²) in [6.07, 6.45) is 9.00. The molecule has 1 heterocycles. The van der Waals surface area contributed by atoms with Crippen molar-refractivity contribution >= 4 is 11.6 Å². The molecule has 0 radical (unpaired) electrons. The Morgan fingerprint density at radius 3 is 2.61 bits per heavy atom. The normalized spacial score (nSPS) is 33.5. The molecule has 2 aliphatic carbocycles. The lowest BCUT2D eigenvalue weighted by Gasteiger charge is -2.55. The fourth-order valence-corrected chi connectivity index (χ4v) is 4.99. The molecule has 4 rings (SSSR count). The highest BCUT2D eigenvalue weighted by molar-refractivity contribution is 6.30. The molecule has 2 fully saturated rings. The average molecular weight is 332 g/mol. The van der Waals surface area contributed by atoms with Gasteiger partial charge in [0.1, 0.15) is 0 Å². The number of ether oxygens (including phenoxy) is 1. The van der Waals surface area contributed by atoms with Crippen LogP contribution in [0.5, 0.6) is 0 Å². The Balaban J connectivity index is 1.48. The van der Waals surface area contributed by atoms with Gasteiger partial charge < -0.3 is 10.1 Å². The van der Waals surface area contributed by atoms with Gasteiger partial charge in [0.05, 0.1) is 13.2 Å². The SMILES string of the molecule is Clc1ccc([C@H]2[C@@H]3CCCC[C@@H]3[C@@H]2NCC2=CCCOC2)cc1. The van der Waals surface area contributed by atoms with Crippen LogP contribution in [0.4, 0.5) is 0 Å². The Labute approximate surface area is 144 Å². The van der Waals surface area contributed by atoms with Crippen molar-refractivity contribution in [3.63, 3.8) is 0 Å². The predicted molar refractivity (Wildman–Crippen MR) is 95.0 cm³/mol. The summed E-state index contributed by atoms with van der Waals surface area (Å²) in [5.41, 5.74) is 2.88. The van der Waals surface area contributed by atoms with Crippen LogP contribution in [-0.2, 0) is 4.74 Å². The van der Waals surface area contributed by atoms with E-state index in [2.05, 4.69) is 23.5 Å². The van der Waals surface area contributed by atoms with Gasteiger partial charge in [-0.25, -0.2) is 0 Å². The van der Waals surface area contributed by atoms with Crippen molar-refractivity contribution in [2.24, 2.45) is 11.8 Å². The van der Waals surface area contributed by atoms with Crippen molar-refractivity contribution in [3.05, 3.63) is 46.5 Å². The zero-order valence-corrected chi connectivity index (χ0v) is 14.4. The molecule has 1 N–H and O–H groups in total. The van der Waals surface area contributed by atoms with E-state index in [0.29, 0.717) is 12.0 Å². The summed E-state index contributed by atoms with van der Waals surface area (Å²) in [7, 11) is 0. The van der Waals surface area contributed by atoms with Gasteiger partial charge in [-0.15, -0.1) is 0 Å². The van der Waals surface area contributed by atoms with Crippen LogP contribution in [-0.4, -0.2) is 25.8 Å². The molecule has 23 heavy (non-hydrogen) atoms. The van der Waals surface area contributed by atoms with Crippen LogP contribution in [0, 0.1) is 11.8 Å². The summed E-state index contributed by atoms with van der Waals surface area (Å²) < 4.78 is 5.57. The lowest BCUT2D eigenvalue weighted by atomic mass is 9.53. The number of hydrogen-bond acceptors (Lipinski definition) is 2. The first-order valence-electron chi connectivity index (χ1n) is 9.07. The molecular weight excluding hydrogens is 306 g/mol. The van der Waals surface area contributed by atoms with E-state index in [1.807, 2.05) is 12.1 Å². The van der Waals surface area contributed by atoms with Crippen LogP contribution in [0.25, 0.3) is 0 Å². The Kier molecular flexibility index (Phi) is 4.75. The smallest absolute Gasteiger partial charge is 0.0689 e. The van der Waals surface area contributed by atoms with E-state index in [1.54, 1.807) is 0 Å². The van der Waals surface area contributed by atoms with Crippen molar-refractivity contribution in [2.45, 2.75) is 44.1 Å². The van der Waals surface area contributed by atoms with Crippen molar-refractivity contribution in [1.82, 2.24) is 5.32 Å². The molecule has 1 aliphatic heterocycles. The number of rotatable bonds is 4. The maximum Gasteiger partial charge on any atom is 0.0689 e. The maximum absolute atomic E-state index is 6.08. The fourth-order valence-electron chi connectivity index (χ4n) is 4.87. The average Bonchev–Trinajstić information content (AvgIpc) is 2.59. The summed E-state index contributed by atoms with van der Waals surface area (Å²) in [6, 6.07) is 9.16. The van der Waals surface area contributed by atoms with Crippen molar-refractivity contribution < 1.29 is 4.74 Å². The summed E-state index contributed by atoms with van der Waals surface area (Å²) >= 11 is 6.08. The molecule has 124 valence electrons. The zero-order chi connectivity index (χ0) is 15.6. The van der Waals surface area contributed by atoms with E-state index in [9.17, 15) is 0 Å².